The molecule has 3 aromatic carbocycles. The van der Waals surface area contributed by atoms with Gasteiger partial charge >= 0.3 is 0 Å². The normalized spacial score (nSPS) is 13.6. The molecule has 2 heterocycles. The van der Waals surface area contributed by atoms with E-state index in [4.69, 9.17) is 0 Å². The van der Waals surface area contributed by atoms with Crippen molar-refractivity contribution < 1.29 is 13.2 Å². The molecule has 9 heteroatoms. The van der Waals surface area contributed by atoms with Gasteiger partial charge in [0.05, 0.1) is 29.9 Å². The first-order chi connectivity index (χ1) is 18.2. The van der Waals surface area contributed by atoms with Crippen LogP contribution in [0.25, 0.3) is 11.3 Å². The maximum absolute atomic E-state index is 13.7. The first-order valence-electron chi connectivity index (χ1n) is 12.3. The van der Waals surface area contributed by atoms with Crippen LogP contribution in [0.2, 0.25) is 0 Å². The van der Waals surface area contributed by atoms with Gasteiger partial charge in [0.1, 0.15) is 4.90 Å². The largest absolute Gasteiger partial charge is 0.325 e. The zero-order chi connectivity index (χ0) is 26.9. The molecule has 1 amide bonds. The van der Waals surface area contributed by atoms with Gasteiger partial charge in [-0.3, -0.25) is 9.10 Å². The van der Waals surface area contributed by atoms with Crippen molar-refractivity contribution in [3.8, 4) is 11.3 Å². The van der Waals surface area contributed by atoms with Crippen LogP contribution in [0.3, 0.4) is 0 Å². The van der Waals surface area contributed by atoms with E-state index in [1.807, 2.05) is 73.7 Å². The Hall–Kier alpha value is -3.69. The van der Waals surface area contributed by atoms with Gasteiger partial charge in [0, 0.05) is 11.3 Å². The molecule has 7 nitrogen and oxygen atoms in total. The number of sulfonamides is 1. The number of aromatic nitrogens is 2. The van der Waals surface area contributed by atoms with E-state index in [2.05, 4.69) is 29.1 Å². The second-order valence-corrected chi connectivity index (χ2v) is 12.2. The maximum atomic E-state index is 13.7. The first-order valence-corrected chi connectivity index (χ1v) is 14.7. The number of carbonyl (C=O) groups is 1. The fraction of sp³-hybridized carbons (Fsp3) is 0.207. The molecule has 0 fully saturated rings. The SMILES string of the molecule is Cc1ccccc1CN1c2ccccc2-c2nc(SCC(=O)Nc3ccc(C(C)C)cc3)ncc2S1(=O)=O. The van der Waals surface area contributed by atoms with Crippen LogP contribution >= 0.6 is 11.8 Å². The van der Waals surface area contributed by atoms with Crippen molar-refractivity contribution in [2.75, 3.05) is 15.4 Å². The molecule has 1 aliphatic heterocycles. The van der Waals surface area contributed by atoms with Gasteiger partial charge in [-0.1, -0.05) is 80.2 Å². The van der Waals surface area contributed by atoms with Gasteiger partial charge in [0.15, 0.2) is 5.16 Å². The summed E-state index contributed by atoms with van der Waals surface area (Å²) in [6, 6.07) is 22.8. The van der Waals surface area contributed by atoms with Gasteiger partial charge in [-0.2, -0.15) is 0 Å². The number of nitrogens with one attached hydrogen (secondary N) is 1. The minimum Gasteiger partial charge on any atom is -0.325 e. The molecule has 194 valence electrons. The van der Waals surface area contributed by atoms with Crippen LogP contribution < -0.4 is 9.62 Å². The summed E-state index contributed by atoms with van der Waals surface area (Å²) in [6.07, 6.45) is 1.35. The molecule has 1 N–H and O–H groups in total. The molecule has 0 saturated heterocycles. The summed E-state index contributed by atoms with van der Waals surface area (Å²) in [6.45, 7) is 6.41. The van der Waals surface area contributed by atoms with Gasteiger partial charge in [0.2, 0.25) is 5.91 Å². The number of hydrogen-bond acceptors (Lipinski definition) is 6. The molecule has 0 spiro atoms. The maximum Gasteiger partial charge on any atom is 0.268 e. The van der Waals surface area contributed by atoms with Crippen molar-refractivity contribution in [1.82, 2.24) is 9.97 Å². The second-order valence-electron chi connectivity index (χ2n) is 9.43. The molecule has 4 aromatic rings. The van der Waals surface area contributed by atoms with E-state index in [1.54, 1.807) is 6.07 Å². The lowest BCUT2D eigenvalue weighted by Gasteiger charge is -2.31. The molecule has 5 rings (SSSR count). The molecule has 0 bridgehead atoms. The van der Waals surface area contributed by atoms with Crippen LogP contribution in [0.15, 0.2) is 89.0 Å². The van der Waals surface area contributed by atoms with Crippen LogP contribution in [0, 0.1) is 6.92 Å². The fourth-order valence-corrected chi connectivity index (χ4v) is 6.50. The van der Waals surface area contributed by atoms with E-state index in [9.17, 15) is 13.2 Å². The van der Waals surface area contributed by atoms with E-state index in [1.165, 1.54) is 27.8 Å². The molecule has 0 radical (unpaired) electrons. The van der Waals surface area contributed by atoms with Gasteiger partial charge in [-0.15, -0.1) is 0 Å². The first kappa shape index (κ1) is 25.9. The summed E-state index contributed by atoms with van der Waals surface area (Å²) >= 11 is 1.17. The standard InChI is InChI=1S/C29H28N4O3S2/c1-19(2)21-12-14-23(15-13-21)31-27(34)18-37-29-30-16-26-28(32-29)24-10-6-7-11-25(24)33(38(26,35)36)17-22-9-5-4-8-20(22)3/h4-16,19H,17-18H2,1-3H3,(H,31,34). The molecular weight excluding hydrogens is 516 g/mol. The number of fused-ring (bicyclic) bond motifs is 3. The van der Waals surface area contributed by atoms with E-state index in [-0.39, 0.29) is 23.1 Å². The number of hydrogen-bond donors (Lipinski definition) is 1. The molecule has 1 aliphatic rings. The zero-order valence-electron chi connectivity index (χ0n) is 21.4. The van der Waals surface area contributed by atoms with Crippen molar-refractivity contribution >= 4 is 39.1 Å². The highest BCUT2D eigenvalue weighted by Crippen LogP contribution is 2.43. The minimum absolute atomic E-state index is 0.0591. The highest BCUT2D eigenvalue weighted by Gasteiger charge is 2.36. The quantitative estimate of drug-likeness (QED) is 0.226. The minimum atomic E-state index is -3.89. The number of thioether (sulfide) groups is 1. The van der Waals surface area contributed by atoms with Crippen molar-refractivity contribution in [1.29, 1.82) is 0 Å². The number of nitrogens with zero attached hydrogens (tertiary/aromatic N) is 3. The van der Waals surface area contributed by atoms with Crippen LogP contribution in [0.5, 0.6) is 0 Å². The number of carbonyl (C=O) groups excluding carboxylic acids is 1. The summed E-state index contributed by atoms with van der Waals surface area (Å²) in [5.41, 5.74) is 5.50. The number of rotatable bonds is 7. The Labute approximate surface area is 227 Å². The average Bonchev–Trinajstić information content (AvgIpc) is 2.91. The number of benzene rings is 3. The van der Waals surface area contributed by atoms with Crippen molar-refractivity contribution in [2.24, 2.45) is 0 Å². The Bertz CT molecular complexity index is 1600. The van der Waals surface area contributed by atoms with Gasteiger partial charge in [-0.25, -0.2) is 18.4 Å². The van der Waals surface area contributed by atoms with Crippen LogP contribution in [0.1, 0.15) is 36.5 Å². The molecule has 0 unspecified atom stereocenters. The molecule has 0 saturated carbocycles. The summed E-state index contributed by atoms with van der Waals surface area (Å²) in [4.78, 5) is 21.5. The smallest absolute Gasteiger partial charge is 0.268 e. The molecule has 0 aliphatic carbocycles. The fourth-order valence-electron chi connectivity index (χ4n) is 4.34. The Balaban J connectivity index is 1.37. The van der Waals surface area contributed by atoms with Gasteiger partial charge < -0.3 is 5.32 Å². The van der Waals surface area contributed by atoms with Gasteiger partial charge in [0.25, 0.3) is 10.0 Å². The average molecular weight is 545 g/mol. The summed E-state index contributed by atoms with van der Waals surface area (Å²) in [5, 5.41) is 3.22. The molecule has 1 aromatic heterocycles. The highest BCUT2D eigenvalue weighted by molar-refractivity contribution is 7.99. The molecular formula is C29H28N4O3S2. The van der Waals surface area contributed by atoms with E-state index >= 15 is 0 Å². The molecule has 0 atom stereocenters. The van der Waals surface area contributed by atoms with Crippen molar-refractivity contribution in [2.45, 2.75) is 43.3 Å². The third-order valence-corrected chi connectivity index (χ3v) is 9.12. The highest BCUT2D eigenvalue weighted by atomic mass is 32.2. The van der Waals surface area contributed by atoms with E-state index in [0.29, 0.717) is 28.0 Å². The van der Waals surface area contributed by atoms with Crippen molar-refractivity contribution in [3.05, 3.63) is 95.7 Å². The predicted octanol–water partition coefficient (Wildman–Crippen LogP) is 6.02. The predicted molar refractivity (Wildman–Crippen MR) is 152 cm³/mol. The number of aryl methyl sites for hydroxylation is 1. The third-order valence-electron chi connectivity index (χ3n) is 6.50. The molecule has 38 heavy (non-hydrogen) atoms. The summed E-state index contributed by atoms with van der Waals surface area (Å²) < 4.78 is 28.8. The second kappa shape index (κ2) is 10.6. The van der Waals surface area contributed by atoms with Crippen LogP contribution in [-0.2, 0) is 21.4 Å². The number of anilines is 2. The van der Waals surface area contributed by atoms with Crippen LogP contribution in [0.4, 0.5) is 11.4 Å². The Kier molecular flexibility index (Phi) is 7.23. The number of para-hydroxylation sites is 1. The topological polar surface area (TPSA) is 92.3 Å². The lowest BCUT2D eigenvalue weighted by Crippen LogP contribution is -2.34. The van der Waals surface area contributed by atoms with E-state index < -0.39 is 10.0 Å². The van der Waals surface area contributed by atoms with Crippen LogP contribution in [-0.4, -0.2) is 30.0 Å². The lowest BCUT2D eigenvalue weighted by atomic mass is 10.0. The van der Waals surface area contributed by atoms with Gasteiger partial charge in [-0.05, 0) is 47.7 Å². The zero-order valence-corrected chi connectivity index (χ0v) is 23.0. The Morgan fingerprint density at radius 2 is 1.71 bits per heavy atom. The van der Waals surface area contributed by atoms with Crippen molar-refractivity contribution in [3.63, 3.8) is 0 Å². The monoisotopic (exact) mass is 544 g/mol. The Morgan fingerprint density at radius 3 is 2.45 bits per heavy atom. The third kappa shape index (κ3) is 5.16. The summed E-state index contributed by atoms with van der Waals surface area (Å²) in [7, 11) is -3.89. The Morgan fingerprint density at radius 1 is 1.00 bits per heavy atom. The number of amides is 1. The lowest BCUT2D eigenvalue weighted by molar-refractivity contribution is -0.113. The van der Waals surface area contributed by atoms with E-state index in [0.717, 1.165) is 16.8 Å². The summed E-state index contributed by atoms with van der Waals surface area (Å²) in [5.74, 6) is 0.324.